The van der Waals surface area contributed by atoms with Gasteiger partial charge in [0.1, 0.15) is 5.82 Å². The van der Waals surface area contributed by atoms with Crippen molar-refractivity contribution >= 4 is 39.9 Å². The number of anilines is 2. The second-order valence-electron chi connectivity index (χ2n) is 8.70. The molecule has 2 bridgehead atoms. The summed E-state index contributed by atoms with van der Waals surface area (Å²) in [7, 11) is 0. The molecule has 0 amide bonds. The minimum atomic E-state index is -0.919. The molecule has 170 valence electrons. The number of aryl methyl sites for hydroxylation is 1. The van der Waals surface area contributed by atoms with Gasteiger partial charge in [-0.25, -0.2) is 18.3 Å². The molecule has 0 radical (unpaired) electrons. The first-order chi connectivity index (χ1) is 15.9. The molecule has 7 nitrogen and oxygen atoms in total. The molecule has 4 aromatic rings. The van der Waals surface area contributed by atoms with Crippen molar-refractivity contribution in [2.75, 3.05) is 23.3 Å². The summed E-state index contributed by atoms with van der Waals surface area (Å²) in [4.78, 5) is 11.6. The van der Waals surface area contributed by atoms with Crippen molar-refractivity contribution in [1.29, 1.82) is 0 Å². The molecule has 2 aliphatic rings. The van der Waals surface area contributed by atoms with Crippen molar-refractivity contribution in [3.8, 4) is 11.1 Å². The first kappa shape index (κ1) is 20.7. The lowest BCUT2D eigenvalue weighted by Crippen LogP contribution is -2.48. The molecule has 3 atom stereocenters. The Bertz CT molecular complexity index is 1340. The van der Waals surface area contributed by atoms with Crippen LogP contribution in [0.15, 0.2) is 30.5 Å². The van der Waals surface area contributed by atoms with E-state index in [-0.39, 0.29) is 6.04 Å². The fraction of sp³-hybridized carbons (Fsp3) is 0.364. The number of pyridine rings is 1. The molecule has 4 heterocycles. The third-order valence-corrected chi connectivity index (χ3v) is 7.62. The second-order valence-corrected chi connectivity index (χ2v) is 9.87. The number of piperidine rings is 1. The highest BCUT2D eigenvalue weighted by Crippen LogP contribution is 2.40. The summed E-state index contributed by atoms with van der Waals surface area (Å²) < 4.78 is 33.2. The number of fused-ring (bicyclic) bond motifs is 3. The van der Waals surface area contributed by atoms with Gasteiger partial charge in [0.2, 0.25) is 11.1 Å². The minimum absolute atomic E-state index is 0.259. The molecule has 0 spiro atoms. The van der Waals surface area contributed by atoms with Gasteiger partial charge in [0.25, 0.3) is 0 Å². The minimum Gasteiger partial charge on any atom is -0.349 e. The molecule has 33 heavy (non-hydrogen) atoms. The number of rotatable bonds is 4. The van der Waals surface area contributed by atoms with Crippen LogP contribution < -0.4 is 10.2 Å². The van der Waals surface area contributed by atoms with Crippen LogP contribution in [0, 0.1) is 30.4 Å². The van der Waals surface area contributed by atoms with Gasteiger partial charge in [0.05, 0.1) is 5.02 Å². The number of benzene rings is 1. The summed E-state index contributed by atoms with van der Waals surface area (Å²) in [5.41, 5.74) is 1.61. The van der Waals surface area contributed by atoms with E-state index in [0.717, 1.165) is 49.0 Å². The van der Waals surface area contributed by atoms with Gasteiger partial charge in [-0.15, -0.1) is 5.10 Å². The average molecular weight is 488 g/mol. The Balaban J connectivity index is 1.28. The van der Waals surface area contributed by atoms with Crippen molar-refractivity contribution in [3.05, 3.63) is 52.9 Å². The number of nitrogens with zero attached hydrogens (tertiary/aromatic N) is 6. The van der Waals surface area contributed by atoms with Crippen LogP contribution in [0.4, 0.5) is 19.9 Å². The second kappa shape index (κ2) is 7.88. The molecule has 2 fully saturated rings. The summed E-state index contributed by atoms with van der Waals surface area (Å²) in [6, 6.07) is 5.71. The van der Waals surface area contributed by atoms with Gasteiger partial charge in [-0.3, -0.25) is 0 Å². The molecule has 1 aromatic carbocycles. The summed E-state index contributed by atoms with van der Waals surface area (Å²) >= 11 is 7.74. The quantitative estimate of drug-likeness (QED) is 0.445. The normalized spacial score (nSPS) is 22.3. The highest BCUT2D eigenvalue weighted by Gasteiger charge is 2.43. The molecular weight excluding hydrogens is 468 g/mol. The van der Waals surface area contributed by atoms with Gasteiger partial charge in [0.15, 0.2) is 17.3 Å². The molecule has 1 unspecified atom stereocenters. The Kier molecular flexibility index (Phi) is 4.95. The maximum Gasteiger partial charge on any atom is 0.243 e. The van der Waals surface area contributed by atoms with Gasteiger partial charge >= 0.3 is 0 Å². The Labute approximate surface area is 197 Å². The summed E-state index contributed by atoms with van der Waals surface area (Å²) in [6.45, 7) is 3.75. The van der Waals surface area contributed by atoms with Crippen LogP contribution in [0.5, 0.6) is 0 Å². The number of hydrogen-bond donors (Lipinski definition) is 1. The maximum atomic E-state index is 13.9. The van der Waals surface area contributed by atoms with Gasteiger partial charge in [-0.05, 0) is 55.4 Å². The molecule has 1 saturated heterocycles. The van der Waals surface area contributed by atoms with Crippen LogP contribution in [0.25, 0.3) is 16.8 Å². The molecule has 3 aromatic heterocycles. The van der Waals surface area contributed by atoms with Crippen molar-refractivity contribution < 1.29 is 8.78 Å². The average Bonchev–Trinajstić information content (AvgIpc) is 3.45. The maximum absolute atomic E-state index is 13.9. The Hall–Kier alpha value is -2.85. The molecule has 1 saturated carbocycles. The lowest BCUT2D eigenvalue weighted by atomic mass is 9.92. The number of halogens is 3. The first-order valence-corrected chi connectivity index (χ1v) is 11.9. The summed E-state index contributed by atoms with van der Waals surface area (Å²) in [5, 5.41) is 9.54. The van der Waals surface area contributed by atoms with E-state index >= 15 is 0 Å². The number of aromatic nitrogens is 5. The standard InChI is InChI=1S/C22H20ClF2N7S/c1-11-26-22(33-30-11)31-8-13-2-3-14(9-31)19(13)27-21-28-20-16(7-15(23)10-32(20)29-21)12-4-5-17(24)18(25)6-12/h4-7,10,13-14,19H,2-3,8-9H2,1H3,(H,27,29)/t13-,14+,19?. The van der Waals surface area contributed by atoms with Crippen LogP contribution in [0.3, 0.4) is 0 Å². The molecule has 6 rings (SSSR count). The zero-order valence-electron chi connectivity index (χ0n) is 17.7. The van der Waals surface area contributed by atoms with E-state index in [9.17, 15) is 8.78 Å². The Morgan fingerprint density at radius 1 is 1.09 bits per heavy atom. The zero-order chi connectivity index (χ0) is 22.7. The number of hydrogen-bond acceptors (Lipinski definition) is 7. The van der Waals surface area contributed by atoms with E-state index in [2.05, 4.69) is 29.7 Å². The van der Waals surface area contributed by atoms with Crippen LogP contribution >= 0.6 is 23.1 Å². The summed E-state index contributed by atoms with van der Waals surface area (Å²) in [5.74, 6) is 0.404. The molecule has 11 heteroatoms. The highest BCUT2D eigenvalue weighted by molar-refractivity contribution is 7.09. The smallest absolute Gasteiger partial charge is 0.243 e. The third-order valence-electron chi connectivity index (χ3n) is 6.55. The Morgan fingerprint density at radius 3 is 2.58 bits per heavy atom. The van der Waals surface area contributed by atoms with E-state index in [1.54, 1.807) is 16.8 Å². The van der Waals surface area contributed by atoms with E-state index < -0.39 is 11.6 Å². The SMILES string of the molecule is Cc1nsc(N2C[C@H]3CC[C@@H](C2)C3Nc2nc3c(-c4ccc(F)c(F)c4)cc(Cl)cn3n2)n1. The predicted molar refractivity (Wildman–Crippen MR) is 124 cm³/mol. The topological polar surface area (TPSA) is 71.2 Å². The predicted octanol–water partition coefficient (Wildman–Crippen LogP) is 4.81. The molecule has 1 N–H and O–H groups in total. The van der Waals surface area contributed by atoms with Crippen LogP contribution in [-0.4, -0.2) is 43.1 Å². The lowest BCUT2D eigenvalue weighted by molar-refractivity contribution is 0.376. The summed E-state index contributed by atoms with van der Waals surface area (Å²) in [6.07, 6.45) is 3.93. The van der Waals surface area contributed by atoms with Gasteiger partial charge in [-0.1, -0.05) is 17.7 Å². The van der Waals surface area contributed by atoms with Gasteiger partial charge < -0.3 is 10.2 Å². The van der Waals surface area contributed by atoms with Crippen LogP contribution in [-0.2, 0) is 0 Å². The zero-order valence-corrected chi connectivity index (χ0v) is 19.2. The van der Waals surface area contributed by atoms with Crippen molar-refractivity contribution in [2.24, 2.45) is 11.8 Å². The van der Waals surface area contributed by atoms with E-state index in [4.69, 9.17) is 11.6 Å². The fourth-order valence-corrected chi connectivity index (χ4v) is 5.96. The van der Waals surface area contributed by atoms with E-state index in [1.807, 2.05) is 6.92 Å². The molecule has 1 aliphatic carbocycles. The van der Waals surface area contributed by atoms with E-state index in [1.165, 1.54) is 17.6 Å². The third kappa shape index (κ3) is 3.71. The fourth-order valence-electron chi connectivity index (χ4n) is 5.07. The highest BCUT2D eigenvalue weighted by atomic mass is 35.5. The van der Waals surface area contributed by atoms with Crippen LogP contribution in [0.2, 0.25) is 5.02 Å². The first-order valence-electron chi connectivity index (χ1n) is 10.8. The van der Waals surface area contributed by atoms with Crippen molar-refractivity contribution in [2.45, 2.75) is 25.8 Å². The van der Waals surface area contributed by atoms with Crippen molar-refractivity contribution in [3.63, 3.8) is 0 Å². The largest absolute Gasteiger partial charge is 0.349 e. The monoisotopic (exact) mass is 487 g/mol. The van der Waals surface area contributed by atoms with Gasteiger partial charge in [-0.2, -0.15) is 9.36 Å². The Morgan fingerprint density at radius 2 is 1.88 bits per heavy atom. The molecular formula is C22H20ClF2N7S. The van der Waals surface area contributed by atoms with Crippen LogP contribution in [0.1, 0.15) is 18.7 Å². The lowest BCUT2D eigenvalue weighted by Gasteiger charge is -2.37. The van der Waals surface area contributed by atoms with E-state index in [0.29, 0.717) is 39.6 Å². The van der Waals surface area contributed by atoms with Crippen molar-refractivity contribution in [1.82, 2.24) is 24.0 Å². The number of nitrogens with one attached hydrogen (secondary N) is 1. The van der Waals surface area contributed by atoms with Gasteiger partial charge in [0, 0.05) is 42.4 Å². The molecule has 1 aliphatic heterocycles.